The molecule has 0 aliphatic heterocycles. The van der Waals surface area contributed by atoms with Gasteiger partial charge in [-0.3, -0.25) is 4.79 Å². The third-order valence-corrected chi connectivity index (χ3v) is 3.17. The molecule has 0 atom stereocenters. The molecule has 3 aromatic rings. The average Bonchev–Trinajstić information content (AvgIpc) is 2.89. The predicted octanol–water partition coefficient (Wildman–Crippen LogP) is 2.16. The van der Waals surface area contributed by atoms with Crippen molar-refractivity contribution < 1.29 is 9.53 Å². The van der Waals surface area contributed by atoms with Gasteiger partial charge in [0.15, 0.2) is 5.82 Å². The van der Waals surface area contributed by atoms with Gasteiger partial charge in [0.2, 0.25) is 0 Å². The van der Waals surface area contributed by atoms with E-state index in [1.54, 1.807) is 16.8 Å². The van der Waals surface area contributed by atoms with Crippen LogP contribution in [0.1, 0.15) is 5.82 Å². The molecule has 106 valence electrons. The van der Waals surface area contributed by atoms with Crippen molar-refractivity contribution in [3.05, 3.63) is 47.4 Å². The van der Waals surface area contributed by atoms with Crippen LogP contribution in [0, 0.1) is 0 Å². The van der Waals surface area contributed by atoms with Gasteiger partial charge in [-0.15, -0.1) is 5.10 Å². The summed E-state index contributed by atoms with van der Waals surface area (Å²) in [7, 11) is 1.33. The summed E-state index contributed by atoms with van der Waals surface area (Å²) < 4.78 is 6.20. The molecule has 0 radical (unpaired) electrons. The molecule has 0 saturated carbocycles. The minimum atomic E-state index is -0.393. The smallest absolute Gasteiger partial charge is 0.313 e. The second-order valence-electron chi connectivity index (χ2n) is 4.33. The summed E-state index contributed by atoms with van der Waals surface area (Å²) in [5.74, 6) is 0.394. The van der Waals surface area contributed by atoms with Crippen LogP contribution in [-0.2, 0) is 16.0 Å². The molecule has 0 N–H and O–H groups in total. The molecule has 0 saturated heterocycles. The van der Waals surface area contributed by atoms with Gasteiger partial charge in [-0.05, 0) is 18.2 Å². The Bertz CT molecular complexity index is 816. The average molecular weight is 303 g/mol. The van der Waals surface area contributed by atoms with Crippen LogP contribution in [0.3, 0.4) is 0 Å². The highest BCUT2D eigenvalue weighted by Crippen LogP contribution is 2.22. The summed E-state index contributed by atoms with van der Waals surface area (Å²) in [4.78, 5) is 19.7. The fourth-order valence-corrected chi connectivity index (χ4v) is 2.17. The number of fused-ring (bicyclic) bond motifs is 1. The second-order valence-corrected chi connectivity index (χ2v) is 4.77. The van der Waals surface area contributed by atoms with Gasteiger partial charge < -0.3 is 4.74 Å². The maximum Gasteiger partial charge on any atom is 0.313 e. The van der Waals surface area contributed by atoms with Crippen LogP contribution in [0.25, 0.3) is 17.0 Å². The third-order valence-electron chi connectivity index (χ3n) is 2.94. The molecule has 0 spiro atoms. The number of ether oxygens (including phenoxy) is 1. The maximum atomic E-state index is 11.3. The number of methoxy groups -OCH3 is 1. The van der Waals surface area contributed by atoms with Gasteiger partial charge in [0.1, 0.15) is 6.42 Å². The largest absolute Gasteiger partial charge is 0.469 e. The number of esters is 1. The normalized spacial score (nSPS) is 10.8. The molecule has 1 aromatic carbocycles. The Morgan fingerprint density at radius 1 is 1.38 bits per heavy atom. The minimum Gasteiger partial charge on any atom is -0.469 e. The number of hydrogen-bond donors (Lipinski definition) is 0. The summed E-state index contributed by atoms with van der Waals surface area (Å²) in [5, 5.41) is 4.94. The van der Waals surface area contributed by atoms with Crippen molar-refractivity contribution in [1.82, 2.24) is 19.6 Å². The number of benzene rings is 1. The molecule has 0 amide bonds. The van der Waals surface area contributed by atoms with E-state index in [-0.39, 0.29) is 6.42 Å². The number of carbonyl (C=O) groups is 1. The lowest BCUT2D eigenvalue weighted by atomic mass is 10.1. The number of hydrogen-bond acceptors (Lipinski definition) is 5. The van der Waals surface area contributed by atoms with Crippen LogP contribution in [-0.4, -0.2) is 32.7 Å². The second kappa shape index (κ2) is 5.49. The van der Waals surface area contributed by atoms with Crippen molar-refractivity contribution in [2.75, 3.05) is 7.11 Å². The molecule has 0 fully saturated rings. The van der Waals surface area contributed by atoms with E-state index in [0.29, 0.717) is 16.6 Å². The van der Waals surface area contributed by atoms with Gasteiger partial charge >= 0.3 is 5.97 Å². The van der Waals surface area contributed by atoms with Gasteiger partial charge in [0, 0.05) is 16.8 Å². The van der Waals surface area contributed by atoms with Crippen molar-refractivity contribution in [2.45, 2.75) is 6.42 Å². The number of carbonyl (C=O) groups excluding carboxylic acids is 1. The highest BCUT2D eigenvalue weighted by molar-refractivity contribution is 6.30. The van der Waals surface area contributed by atoms with Gasteiger partial charge in [-0.25, -0.2) is 4.98 Å². The highest BCUT2D eigenvalue weighted by Gasteiger charge is 2.13. The Morgan fingerprint density at radius 3 is 3.00 bits per heavy atom. The molecular weight excluding hydrogens is 292 g/mol. The SMILES string of the molecule is COC(=O)Cc1nc2nccc(-c3cccc(Cl)c3)n2n1. The van der Waals surface area contributed by atoms with Crippen LogP contribution in [0.4, 0.5) is 0 Å². The van der Waals surface area contributed by atoms with Crippen molar-refractivity contribution in [2.24, 2.45) is 0 Å². The number of nitrogens with zero attached hydrogens (tertiary/aromatic N) is 4. The Hall–Kier alpha value is -2.47. The van der Waals surface area contributed by atoms with E-state index < -0.39 is 5.97 Å². The zero-order valence-electron chi connectivity index (χ0n) is 11.2. The lowest BCUT2D eigenvalue weighted by Gasteiger charge is -2.03. The van der Waals surface area contributed by atoms with Crippen molar-refractivity contribution in [1.29, 1.82) is 0 Å². The molecule has 0 aliphatic rings. The van der Waals surface area contributed by atoms with E-state index in [0.717, 1.165) is 11.3 Å². The topological polar surface area (TPSA) is 69.4 Å². The lowest BCUT2D eigenvalue weighted by Crippen LogP contribution is -2.06. The molecule has 3 rings (SSSR count). The standard InChI is InChI=1S/C14H11ClN4O2/c1-21-13(20)8-12-17-14-16-6-5-11(19(14)18-12)9-3-2-4-10(15)7-9/h2-7H,8H2,1H3. The van der Waals surface area contributed by atoms with E-state index in [1.807, 2.05) is 24.3 Å². The van der Waals surface area contributed by atoms with Crippen molar-refractivity contribution >= 4 is 23.3 Å². The third kappa shape index (κ3) is 2.71. The quantitative estimate of drug-likeness (QED) is 0.693. The molecule has 2 heterocycles. The first-order valence-electron chi connectivity index (χ1n) is 6.21. The molecule has 0 unspecified atom stereocenters. The van der Waals surface area contributed by atoms with Crippen molar-refractivity contribution in [3.63, 3.8) is 0 Å². The van der Waals surface area contributed by atoms with E-state index in [2.05, 4.69) is 19.8 Å². The molecule has 21 heavy (non-hydrogen) atoms. The van der Waals surface area contributed by atoms with E-state index >= 15 is 0 Å². The first-order chi connectivity index (χ1) is 10.2. The summed E-state index contributed by atoms with van der Waals surface area (Å²) in [6, 6.07) is 9.22. The van der Waals surface area contributed by atoms with Crippen LogP contribution < -0.4 is 0 Å². The maximum absolute atomic E-state index is 11.3. The van der Waals surface area contributed by atoms with Gasteiger partial charge in [0.05, 0.1) is 12.8 Å². The molecule has 7 heteroatoms. The molecular formula is C14H11ClN4O2. The van der Waals surface area contributed by atoms with Gasteiger partial charge in [0.25, 0.3) is 5.78 Å². The Morgan fingerprint density at radius 2 is 2.24 bits per heavy atom. The van der Waals surface area contributed by atoms with Crippen LogP contribution in [0.2, 0.25) is 5.02 Å². The summed E-state index contributed by atoms with van der Waals surface area (Å²) >= 11 is 6.02. The predicted molar refractivity (Wildman–Crippen MR) is 76.9 cm³/mol. The van der Waals surface area contributed by atoms with E-state index in [9.17, 15) is 4.79 Å². The molecule has 2 aromatic heterocycles. The first-order valence-corrected chi connectivity index (χ1v) is 6.58. The number of halogens is 1. The Balaban J connectivity index is 2.09. The van der Waals surface area contributed by atoms with Crippen molar-refractivity contribution in [3.8, 4) is 11.3 Å². The van der Waals surface area contributed by atoms with E-state index in [1.165, 1.54) is 7.11 Å². The van der Waals surface area contributed by atoms with Gasteiger partial charge in [-0.2, -0.15) is 9.50 Å². The lowest BCUT2D eigenvalue weighted by molar-refractivity contribution is -0.139. The van der Waals surface area contributed by atoms with E-state index in [4.69, 9.17) is 11.6 Å². The highest BCUT2D eigenvalue weighted by atomic mass is 35.5. The number of aromatic nitrogens is 4. The summed E-state index contributed by atoms with van der Waals surface area (Å²) in [5.41, 5.74) is 1.69. The fourth-order valence-electron chi connectivity index (χ4n) is 1.98. The van der Waals surface area contributed by atoms with Gasteiger partial charge in [-0.1, -0.05) is 23.7 Å². The Labute approximate surface area is 125 Å². The molecule has 0 aliphatic carbocycles. The summed E-state index contributed by atoms with van der Waals surface area (Å²) in [6.45, 7) is 0. The van der Waals surface area contributed by atoms with Crippen LogP contribution >= 0.6 is 11.6 Å². The zero-order chi connectivity index (χ0) is 14.8. The van der Waals surface area contributed by atoms with Crippen LogP contribution in [0.5, 0.6) is 0 Å². The molecule has 6 nitrogen and oxygen atoms in total. The first kappa shape index (κ1) is 13.5. The number of rotatable bonds is 3. The zero-order valence-corrected chi connectivity index (χ0v) is 11.9. The monoisotopic (exact) mass is 302 g/mol. The molecule has 0 bridgehead atoms. The fraction of sp³-hybridized carbons (Fsp3) is 0.143. The minimum absolute atomic E-state index is 0.00878. The Kier molecular flexibility index (Phi) is 3.53. The summed E-state index contributed by atoms with van der Waals surface area (Å²) in [6.07, 6.45) is 1.65. The van der Waals surface area contributed by atoms with Crippen LogP contribution in [0.15, 0.2) is 36.5 Å².